The fraction of sp³-hybridized carbons (Fsp3) is 0.357. The van der Waals surface area contributed by atoms with E-state index in [-0.39, 0.29) is 0 Å². The van der Waals surface area contributed by atoms with Crippen molar-refractivity contribution in [3.63, 3.8) is 0 Å². The van der Waals surface area contributed by atoms with Gasteiger partial charge in [0.05, 0.1) is 17.7 Å². The Kier molecular flexibility index (Phi) is 9.60. The van der Waals surface area contributed by atoms with Gasteiger partial charge in [-0.3, -0.25) is 0 Å². The first kappa shape index (κ1) is 24.9. The minimum absolute atomic E-state index is 0.297. The van der Waals surface area contributed by atoms with Crippen LogP contribution in [0.4, 0.5) is 0 Å². The van der Waals surface area contributed by atoms with Crippen molar-refractivity contribution in [3.05, 3.63) is 71.5 Å². The number of esters is 1. The van der Waals surface area contributed by atoms with Gasteiger partial charge in [0.2, 0.25) is 0 Å². The zero-order valence-electron chi connectivity index (χ0n) is 19.9. The summed E-state index contributed by atoms with van der Waals surface area (Å²) in [6, 6.07) is 13.9. The second-order valence-electron chi connectivity index (χ2n) is 8.16. The van der Waals surface area contributed by atoms with Gasteiger partial charge in [0, 0.05) is 18.0 Å². The van der Waals surface area contributed by atoms with Crippen LogP contribution in [0.2, 0.25) is 0 Å². The second-order valence-corrected chi connectivity index (χ2v) is 8.16. The third kappa shape index (κ3) is 7.14. The first-order valence-corrected chi connectivity index (χ1v) is 11.9. The van der Waals surface area contributed by atoms with Gasteiger partial charge in [-0.25, -0.2) is 14.8 Å². The van der Waals surface area contributed by atoms with Crippen molar-refractivity contribution in [1.82, 2.24) is 9.97 Å². The average molecular weight is 458 g/mol. The van der Waals surface area contributed by atoms with E-state index < -0.39 is 5.97 Å². The number of nitriles is 1. The van der Waals surface area contributed by atoms with E-state index in [0.717, 1.165) is 36.8 Å². The Morgan fingerprint density at radius 2 is 1.68 bits per heavy atom. The van der Waals surface area contributed by atoms with Crippen LogP contribution in [0.15, 0.2) is 54.9 Å². The van der Waals surface area contributed by atoms with Gasteiger partial charge in [0.15, 0.2) is 5.82 Å². The summed E-state index contributed by atoms with van der Waals surface area (Å²) in [5.74, 6) is 0.985. The van der Waals surface area contributed by atoms with E-state index in [1.807, 2.05) is 24.5 Å². The van der Waals surface area contributed by atoms with E-state index in [4.69, 9.17) is 9.47 Å². The van der Waals surface area contributed by atoms with Gasteiger partial charge in [-0.05, 0) is 60.9 Å². The molecule has 3 rings (SSSR count). The van der Waals surface area contributed by atoms with E-state index in [1.54, 1.807) is 24.3 Å². The minimum atomic E-state index is -0.532. The van der Waals surface area contributed by atoms with Crippen molar-refractivity contribution in [2.45, 2.75) is 58.8 Å². The standard InChI is InChI=1S/C28H31N3O3/c1-3-5-6-7-8-16-33-26-15-12-23(17-24(26)18-29)28(32)34-25-13-10-22(11-14-25)27-30-19-21(9-4-2)20-31-27/h10-15,17,19-20H,3-9,16H2,1-2H3. The lowest BCUT2D eigenvalue weighted by molar-refractivity contribution is 0.0734. The molecule has 0 saturated carbocycles. The molecule has 0 aliphatic heterocycles. The number of hydrogen-bond donors (Lipinski definition) is 0. The second kappa shape index (κ2) is 13.1. The number of benzene rings is 2. The molecule has 0 unspecified atom stereocenters. The molecule has 34 heavy (non-hydrogen) atoms. The van der Waals surface area contributed by atoms with Crippen molar-refractivity contribution in [2.75, 3.05) is 6.61 Å². The number of carbonyl (C=O) groups excluding carboxylic acids is 1. The van der Waals surface area contributed by atoms with Crippen LogP contribution < -0.4 is 9.47 Å². The van der Waals surface area contributed by atoms with Crippen molar-refractivity contribution in [3.8, 4) is 29.0 Å². The summed E-state index contributed by atoms with van der Waals surface area (Å²) < 4.78 is 11.2. The Morgan fingerprint density at radius 1 is 0.941 bits per heavy atom. The molecule has 0 fully saturated rings. The number of aryl methyl sites for hydroxylation is 1. The third-order valence-electron chi connectivity index (χ3n) is 5.41. The van der Waals surface area contributed by atoms with Crippen LogP contribution >= 0.6 is 0 Å². The van der Waals surface area contributed by atoms with Gasteiger partial charge in [-0.15, -0.1) is 0 Å². The Bertz CT molecular complexity index is 1100. The average Bonchev–Trinajstić information content (AvgIpc) is 2.87. The molecule has 0 N–H and O–H groups in total. The molecule has 3 aromatic rings. The molecule has 0 aliphatic carbocycles. The largest absolute Gasteiger partial charge is 0.492 e. The first-order chi connectivity index (χ1) is 16.6. The predicted molar refractivity (Wildman–Crippen MR) is 132 cm³/mol. The number of nitrogens with zero attached hydrogens (tertiary/aromatic N) is 3. The van der Waals surface area contributed by atoms with E-state index >= 15 is 0 Å². The lowest BCUT2D eigenvalue weighted by Crippen LogP contribution is -2.09. The number of unbranched alkanes of at least 4 members (excludes halogenated alkanes) is 4. The quantitative estimate of drug-likeness (QED) is 0.174. The molecule has 2 aromatic carbocycles. The highest BCUT2D eigenvalue weighted by molar-refractivity contribution is 5.91. The number of ether oxygens (including phenoxy) is 2. The molecule has 0 amide bonds. The molecule has 0 saturated heterocycles. The van der Waals surface area contributed by atoms with Gasteiger partial charge in [-0.1, -0.05) is 46.0 Å². The highest BCUT2D eigenvalue weighted by atomic mass is 16.5. The summed E-state index contributed by atoms with van der Waals surface area (Å²) in [6.45, 7) is 4.85. The first-order valence-electron chi connectivity index (χ1n) is 11.9. The molecule has 0 radical (unpaired) electrons. The summed E-state index contributed by atoms with van der Waals surface area (Å²) in [5, 5.41) is 9.48. The van der Waals surface area contributed by atoms with E-state index in [2.05, 4.69) is 29.9 Å². The van der Waals surface area contributed by atoms with Crippen LogP contribution in [0.3, 0.4) is 0 Å². The zero-order chi connectivity index (χ0) is 24.2. The molecule has 0 atom stereocenters. The topological polar surface area (TPSA) is 85.1 Å². The lowest BCUT2D eigenvalue weighted by Gasteiger charge is -2.10. The van der Waals surface area contributed by atoms with Crippen molar-refractivity contribution in [1.29, 1.82) is 5.26 Å². The molecule has 176 valence electrons. The molecule has 6 nitrogen and oxygen atoms in total. The third-order valence-corrected chi connectivity index (χ3v) is 5.41. The zero-order valence-corrected chi connectivity index (χ0v) is 19.9. The molecule has 1 heterocycles. The molecule has 0 bridgehead atoms. The number of aromatic nitrogens is 2. The van der Waals surface area contributed by atoms with E-state index in [0.29, 0.717) is 35.1 Å². The maximum atomic E-state index is 12.6. The fourth-order valence-corrected chi connectivity index (χ4v) is 3.52. The van der Waals surface area contributed by atoms with Gasteiger partial charge < -0.3 is 9.47 Å². The van der Waals surface area contributed by atoms with Crippen LogP contribution in [-0.2, 0) is 6.42 Å². The summed E-state index contributed by atoms with van der Waals surface area (Å²) in [6.07, 6.45) is 11.3. The van der Waals surface area contributed by atoms with Gasteiger partial charge in [0.1, 0.15) is 17.6 Å². The molecule has 6 heteroatoms. The number of rotatable bonds is 12. The molecular formula is C28H31N3O3. The van der Waals surface area contributed by atoms with Crippen LogP contribution in [0.5, 0.6) is 11.5 Å². The number of hydrogen-bond acceptors (Lipinski definition) is 6. The van der Waals surface area contributed by atoms with Crippen molar-refractivity contribution in [2.24, 2.45) is 0 Å². The Balaban J connectivity index is 1.58. The van der Waals surface area contributed by atoms with E-state index in [1.165, 1.54) is 25.3 Å². The van der Waals surface area contributed by atoms with Crippen molar-refractivity contribution >= 4 is 5.97 Å². The number of carbonyl (C=O) groups is 1. The van der Waals surface area contributed by atoms with Crippen LogP contribution in [0.1, 0.15) is 73.9 Å². The summed E-state index contributed by atoms with van der Waals surface area (Å²) in [7, 11) is 0. The normalized spacial score (nSPS) is 10.5. The Labute approximate surface area is 201 Å². The van der Waals surface area contributed by atoms with Crippen LogP contribution in [-0.4, -0.2) is 22.5 Å². The predicted octanol–water partition coefficient (Wildman–Crippen LogP) is 6.54. The Morgan fingerprint density at radius 3 is 2.35 bits per heavy atom. The van der Waals surface area contributed by atoms with Gasteiger partial charge in [0.25, 0.3) is 0 Å². The maximum Gasteiger partial charge on any atom is 0.343 e. The summed E-state index contributed by atoms with van der Waals surface area (Å²) >= 11 is 0. The minimum Gasteiger partial charge on any atom is -0.492 e. The van der Waals surface area contributed by atoms with E-state index in [9.17, 15) is 10.1 Å². The Hall–Kier alpha value is -3.72. The molecular weight excluding hydrogens is 426 g/mol. The van der Waals surface area contributed by atoms with Gasteiger partial charge in [-0.2, -0.15) is 5.26 Å². The SMILES string of the molecule is CCCCCCCOc1ccc(C(=O)Oc2ccc(-c3ncc(CCC)cn3)cc2)cc1C#N. The smallest absolute Gasteiger partial charge is 0.343 e. The fourth-order valence-electron chi connectivity index (χ4n) is 3.52. The highest BCUT2D eigenvalue weighted by Gasteiger charge is 2.13. The molecule has 1 aromatic heterocycles. The lowest BCUT2D eigenvalue weighted by atomic mass is 10.1. The van der Waals surface area contributed by atoms with Crippen molar-refractivity contribution < 1.29 is 14.3 Å². The maximum absolute atomic E-state index is 12.6. The summed E-state index contributed by atoms with van der Waals surface area (Å²) in [5.41, 5.74) is 2.57. The van der Waals surface area contributed by atoms with Gasteiger partial charge >= 0.3 is 5.97 Å². The monoisotopic (exact) mass is 457 g/mol. The van der Waals surface area contributed by atoms with Crippen LogP contribution in [0.25, 0.3) is 11.4 Å². The molecule has 0 spiro atoms. The summed E-state index contributed by atoms with van der Waals surface area (Å²) in [4.78, 5) is 21.4. The van der Waals surface area contributed by atoms with Crippen LogP contribution in [0, 0.1) is 11.3 Å². The molecule has 0 aliphatic rings. The highest BCUT2D eigenvalue weighted by Crippen LogP contribution is 2.23.